The fourth-order valence-electron chi connectivity index (χ4n) is 4.30. The van der Waals surface area contributed by atoms with E-state index in [9.17, 15) is 9.59 Å². The number of nitrogens with zero attached hydrogens (tertiary/aromatic N) is 2. The van der Waals surface area contributed by atoms with E-state index in [4.69, 9.17) is 0 Å². The Labute approximate surface area is 245 Å². The summed E-state index contributed by atoms with van der Waals surface area (Å²) in [6.07, 6.45) is 4.16. The van der Waals surface area contributed by atoms with Gasteiger partial charge in [-0.3, -0.25) is 9.59 Å². The maximum Gasteiger partial charge on any atom is 0.226 e. The van der Waals surface area contributed by atoms with Gasteiger partial charge in [0.2, 0.25) is 11.8 Å². The molecule has 0 bridgehead atoms. The minimum atomic E-state index is -0.0858. The Morgan fingerprint density at radius 1 is 0.675 bits per heavy atom. The molecule has 0 spiro atoms. The molecule has 2 aromatic heterocycles. The third kappa shape index (κ3) is 8.08. The van der Waals surface area contributed by atoms with Crippen molar-refractivity contribution in [2.75, 3.05) is 10.6 Å². The minimum Gasteiger partial charge on any atom is -0.302 e. The van der Waals surface area contributed by atoms with Crippen molar-refractivity contribution < 1.29 is 9.59 Å². The first kappa shape index (κ1) is 29.6. The largest absolute Gasteiger partial charge is 0.302 e. The zero-order chi connectivity index (χ0) is 28.5. The van der Waals surface area contributed by atoms with Gasteiger partial charge in [-0.25, -0.2) is 9.97 Å². The summed E-state index contributed by atoms with van der Waals surface area (Å²) in [5.74, 6) is 0.900. The third-order valence-electron chi connectivity index (χ3n) is 7.33. The number of hydrogen-bond acceptors (Lipinski definition) is 6. The molecule has 0 aliphatic carbocycles. The molecular formula is C32H38N4O2S2. The molecule has 0 fully saturated rings. The van der Waals surface area contributed by atoms with E-state index in [0.29, 0.717) is 47.8 Å². The number of unbranched alkanes of at least 4 members (excludes halogenated alkanes) is 1. The van der Waals surface area contributed by atoms with Gasteiger partial charge in [0, 0.05) is 34.7 Å². The maximum atomic E-state index is 12.4. The molecule has 6 nitrogen and oxygen atoms in total. The Morgan fingerprint density at radius 3 is 1.40 bits per heavy atom. The van der Waals surface area contributed by atoms with Crippen LogP contribution < -0.4 is 10.6 Å². The second kappa shape index (κ2) is 14.3. The fourth-order valence-corrected chi connectivity index (χ4v) is 5.77. The van der Waals surface area contributed by atoms with Crippen molar-refractivity contribution in [3.8, 4) is 22.5 Å². The summed E-state index contributed by atoms with van der Waals surface area (Å²) in [6, 6.07) is 17.0. The van der Waals surface area contributed by atoms with Crippen LogP contribution in [0.2, 0.25) is 0 Å². The number of nitrogens with one attached hydrogen (secondary N) is 2. The zero-order valence-corrected chi connectivity index (χ0v) is 25.3. The molecule has 2 heterocycles. The highest BCUT2D eigenvalue weighted by Crippen LogP contribution is 2.29. The molecule has 40 heavy (non-hydrogen) atoms. The molecule has 2 N–H and O–H groups in total. The molecule has 2 aromatic carbocycles. The van der Waals surface area contributed by atoms with E-state index in [2.05, 4.69) is 96.8 Å². The van der Waals surface area contributed by atoms with Crippen molar-refractivity contribution in [2.24, 2.45) is 0 Å². The molecule has 0 aliphatic rings. The second-order valence-electron chi connectivity index (χ2n) is 10.2. The zero-order valence-electron chi connectivity index (χ0n) is 23.7. The molecule has 2 unspecified atom stereocenters. The average Bonchev–Trinajstić information content (AvgIpc) is 3.64. The first-order chi connectivity index (χ1) is 19.4. The Morgan fingerprint density at radius 2 is 1.05 bits per heavy atom. The van der Waals surface area contributed by atoms with E-state index in [1.54, 1.807) is 0 Å². The van der Waals surface area contributed by atoms with Crippen LogP contribution in [-0.4, -0.2) is 21.8 Å². The van der Waals surface area contributed by atoms with Crippen molar-refractivity contribution in [1.29, 1.82) is 0 Å². The lowest BCUT2D eigenvalue weighted by Crippen LogP contribution is -2.13. The molecule has 0 saturated carbocycles. The Hall–Kier alpha value is -3.36. The summed E-state index contributed by atoms with van der Waals surface area (Å²) in [4.78, 5) is 34.0. The Bertz CT molecular complexity index is 1290. The van der Waals surface area contributed by atoms with Gasteiger partial charge in [0.05, 0.1) is 11.4 Å². The van der Waals surface area contributed by atoms with Gasteiger partial charge in [-0.15, -0.1) is 22.7 Å². The van der Waals surface area contributed by atoms with Gasteiger partial charge in [0.1, 0.15) is 0 Å². The third-order valence-corrected chi connectivity index (χ3v) is 8.85. The highest BCUT2D eigenvalue weighted by Gasteiger charge is 2.12. The molecule has 0 saturated heterocycles. The summed E-state index contributed by atoms with van der Waals surface area (Å²) < 4.78 is 0. The van der Waals surface area contributed by atoms with Gasteiger partial charge in [0.15, 0.2) is 10.3 Å². The number of rotatable bonds is 13. The lowest BCUT2D eigenvalue weighted by molar-refractivity contribution is -0.118. The van der Waals surface area contributed by atoms with E-state index in [1.807, 2.05) is 10.8 Å². The van der Waals surface area contributed by atoms with E-state index in [-0.39, 0.29) is 11.8 Å². The molecular weight excluding hydrogens is 537 g/mol. The monoisotopic (exact) mass is 574 g/mol. The Kier molecular flexibility index (Phi) is 10.6. The van der Waals surface area contributed by atoms with Crippen LogP contribution >= 0.6 is 22.7 Å². The summed E-state index contributed by atoms with van der Waals surface area (Å²) >= 11 is 2.85. The Balaban J connectivity index is 1.17. The van der Waals surface area contributed by atoms with Gasteiger partial charge in [0.25, 0.3) is 0 Å². The molecule has 0 radical (unpaired) electrons. The summed E-state index contributed by atoms with van der Waals surface area (Å²) in [6.45, 7) is 8.83. The maximum absolute atomic E-state index is 12.4. The van der Waals surface area contributed by atoms with Crippen molar-refractivity contribution in [3.63, 3.8) is 0 Å². The molecule has 0 aliphatic heterocycles. The molecule has 2 atom stereocenters. The van der Waals surface area contributed by atoms with Crippen LogP contribution in [0.1, 0.15) is 89.2 Å². The van der Waals surface area contributed by atoms with Gasteiger partial charge < -0.3 is 10.6 Å². The number of anilines is 2. The smallest absolute Gasteiger partial charge is 0.226 e. The second-order valence-corrected chi connectivity index (χ2v) is 12.0. The molecule has 4 rings (SSSR count). The highest BCUT2D eigenvalue weighted by molar-refractivity contribution is 7.14. The summed E-state index contributed by atoms with van der Waals surface area (Å²) in [7, 11) is 0. The number of thiazole rings is 2. The normalized spacial score (nSPS) is 12.6. The predicted octanol–water partition coefficient (Wildman–Crippen LogP) is 9.10. The SMILES string of the molecule is CCC(C)c1ccc(-c2csc(NC(=O)CCCCC(=O)Nc3nc(-c4ccc(C(C)CC)cc4)cs3)n2)cc1. The number of aromatic nitrogens is 2. The number of hydrogen-bond donors (Lipinski definition) is 2. The lowest BCUT2D eigenvalue weighted by Gasteiger charge is -2.09. The van der Waals surface area contributed by atoms with Crippen LogP contribution in [-0.2, 0) is 9.59 Å². The van der Waals surface area contributed by atoms with Crippen LogP contribution in [0, 0.1) is 0 Å². The van der Waals surface area contributed by atoms with Crippen molar-refractivity contribution in [3.05, 3.63) is 70.4 Å². The highest BCUT2D eigenvalue weighted by atomic mass is 32.1. The molecule has 4 aromatic rings. The van der Waals surface area contributed by atoms with Gasteiger partial charge in [-0.1, -0.05) is 76.2 Å². The lowest BCUT2D eigenvalue weighted by atomic mass is 9.97. The van der Waals surface area contributed by atoms with E-state index < -0.39 is 0 Å². The fraction of sp³-hybridized carbons (Fsp3) is 0.375. The van der Waals surface area contributed by atoms with Crippen molar-refractivity contribution >= 4 is 44.8 Å². The van der Waals surface area contributed by atoms with Crippen LogP contribution in [0.4, 0.5) is 10.3 Å². The van der Waals surface area contributed by atoms with E-state index in [1.165, 1.54) is 33.8 Å². The van der Waals surface area contributed by atoms with Crippen LogP contribution in [0.25, 0.3) is 22.5 Å². The minimum absolute atomic E-state index is 0.0858. The topological polar surface area (TPSA) is 84.0 Å². The van der Waals surface area contributed by atoms with Gasteiger partial charge in [-0.2, -0.15) is 0 Å². The quantitative estimate of drug-likeness (QED) is 0.156. The van der Waals surface area contributed by atoms with Crippen molar-refractivity contribution in [2.45, 2.75) is 78.1 Å². The first-order valence-corrected chi connectivity index (χ1v) is 15.8. The standard InChI is InChI=1S/C32H38N4O2S2/c1-5-21(3)23-11-15-25(16-12-23)27-19-39-31(33-27)35-29(37)9-7-8-10-30(38)36-32-34-28(20-40-32)26-17-13-24(14-18-26)22(4)6-2/h11-22H,5-10H2,1-4H3,(H,33,35,37)(H,34,36,38). The molecule has 8 heteroatoms. The molecule has 210 valence electrons. The number of carbonyl (C=O) groups is 2. The van der Waals surface area contributed by atoms with E-state index in [0.717, 1.165) is 35.4 Å². The summed E-state index contributed by atoms with van der Waals surface area (Å²) in [5, 5.41) is 10.9. The van der Waals surface area contributed by atoms with Crippen LogP contribution in [0.5, 0.6) is 0 Å². The summed E-state index contributed by atoms with van der Waals surface area (Å²) in [5.41, 5.74) is 6.45. The van der Waals surface area contributed by atoms with Gasteiger partial charge in [-0.05, 0) is 48.6 Å². The number of amides is 2. The number of carbonyl (C=O) groups excluding carboxylic acids is 2. The van der Waals surface area contributed by atoms with Crippen LogP contribution in [0.3, 0.4) is 0 Å². The number of benzene rings is 2. The van der Waals surface area contributed by atoms with E-state index >= 15 is 0 Å². The first-order valence-electron chi connectivity index (χ1n) is 14.1. The van der Waals surface area contributed by atoms with Crippen molar-refractivity contribution in [1.82, 2.24) is 9.97 Å². The van der Waals surface area contributed by atoms with Crippen LogP contribution in [0.15, 0.2) is 59.3 Å². The predicted molar refractivity (Wildman–Crippen MR) is 168 cm³/mol. The molecule has 2 amide bonds. The average molecular weight is 575 g/mol. The van der Waals surface area contributed by atoms with Gasteiger partial charge >= 0.3 is 0 Å².